The molecule has 0 saturated heterocycles. The Bertz CT molecular complexity index is 898. The summed E-state index contributed by atoms with van der Waals surface area (Å²) in [5.74, 6) is -0.302. The average Bonchev–Trinajstić information content (AvgIpc) is 2.90. The minimum Gasteiger partial charge on any atom is -0.355 e. The van der Waals surface area contributed by atoms with Gasteiger partial charge in [-0.25, -0.2) is 4.79 Å². The number of carbonyl (C=O) groups excluding carboxylic acids is 1. The first-order valence-corrected chi connectivity index (χ1v) is 10.7. The van der Waals surface area contributed by atoms with E-state index < -0.39 is 5.69 Å². The number of hydrogen-bond acceptors (Lipinski definition) is 4. The van der Waals surface area contributed by atoms with Gasteiger partial charge in [-0.2, -0.15) is 0 Å². The summed E-state index contributed by atoms with van der Waals surface area (Å²) in [5.41, 5.74) is 0.0270. The minimum absolute atomic E-state index is 0.238. The average molecular weight is 444 g/mol. The van der Waals surface area contributed by atoms with E-state index in [1.807, 2.05) is 13.8 Å². The third-order valence-electron chi connectivity index (χ3n) is 4.38. The highest BCUT2D eigenvalue weighted by Crippen LogP contribution is 2.32. The number of hydrogen-bond donors (Lipinski definition) is 1. The maximum Gasteiger partial charge on any atom is 0.332 e. The lowest BCUT2D eigenvalue weighted by molar-refractivity contribution is -0.121. The van der Waals surface area contributed by atoms with Crippen molar-refractivity contribution in [3.05, 3.63) is 30.2 Å². The number of aromatic nitrogens is 2. The van der Waals surface area contributed by atoms with Gasteiger partial charge in [-0.15, -0.1) is 11.3 Å². The molecule has 2 rings (SSSR count). The molecule has 8 heteroatoms. The highest BCUT2D eigenvalue weighted by molar-refractivity contribution is 9.11. The van der Waals surface area contributed by atoms with Crippen LogP contribution in [0.4, 0.5) is 0 Å². The number of halogens is 1. The third kappa shape index (κ3) is 4.46. The predicted octanol–water partition coefficient (Wildman–Crippen LogP) is 3.40. The van der Waals surface area contributed by atoms with Crippen LogP contribution in [0.3, 0.4) is 0 Å². The number of amides is 1. The van der Waals surface area contributed by atoms with Crippen molar-refractivity contribution in [3.63, 3.8) is 0 Å². The first-order valence-electron chi connectivity index (χ1n) is 9.11. The van der Waals surface area contributed by atoms with Crippen molar-refractivity contribution in [1.82, 2.24) is 14.5 Å². The Kier molecular flexibility index (Phi) is 7.64. The molecule has 26 heavy (non-hydrogen) atoms. The van der Waals surface area contributed by atoms with E-state index in [2.05, 4.69) is 28.2 Å². The number of thiophene rings is 1. The van der Waals surface area contributed by atoms with E-state index >= 15 is 0 Å². The predicted molar refractivity (Wildman–Crippen MR) is 110 cm³/mol. The van der Waals surface area contributed by atoms with Crippen molar-refractivity contribution in [2.75, 3.05) is 6.54 Å². The fourth-order valence-corrected chi connectivity index (χ4v) is 4.53. The summed E-state index contributed by atoms with van der Waals surface area (Å²) in [6.07, 6.45) is 4.76. The molecule has 1 N–H and O–H groups in total. The van der Waals surface area contributed by atoms with Crippen molar-refractivity contribution in [1.29, 1.82) is 0 Å². The van der Waals surface area contributed by atoms with Gasteiger partial charge >= 0.3 is 5.69 Å². The lowest BCUT2D eigenvalue weighted by Gasteiger charge is -2.12. The Morgan fingerprint density at radius 1 is 1.12 bits per heavy atom. The van der Waals surface area contributed by atoms with Crippen LogP contribution < -0.4 is 16.6 Å². The van der Waals surface area contributed by atoms with E-state index in [1.165, 1.54) is 11.3 Å². The Hall–Kier alpha value is -1.41. The highest BCUT2D eigenvalue weighted by Gasteiger charge is 2.20. The number of carbonyl (C=O) groups is 1. The Morgan fingerprint density at radius 3 is 2.46 bits per heavy atom. The number of nitrogens with zero attached hydrogens (tertiary/aromatic N) is 2. The van der Waals surface area contributed by atoms with Crippen LogP contribution in [-0.2, 0) is 17.9 Å². The zero-order valence-corrected chi connectivity index (χ0v) is 18.0. The molecule has 2 heterocycles. The Balaban J connectivity index is 2.49. The second kappa shape index (κ2) is 9.50. The first-order chi connectivity index (χ1) is 12.4. The van der Waals surface area contributed by atoms with Crippen LogP contribution in [-0.4, -0.2) is 21.6 Å². The summed E-state index contributed by atoms with van der Waals surface area (Å²) >= 11 is 4.88. The second-order valence-electron chi connectivity index (χ2n) is 6.42. The molecule has 0 aromatic carbocycles. The lowest BCUT2D eigenvalue weighted by atomic mass is 10.2. The second-order valence-corrected chi connectivity index (χ2v) is 8.73. The zero-order chi connectivity index (χ0) is 19.3. The van der Waals surface area contributed by atoms with Crippen molar-refractivity contribution in [2.24, 2.45) is 0 Å². The van der Waals surface area contributed by atoms with E-state index in [4.69, 9.17) is 0 Å². The summed E-state index contributed by atoms with van der Waals surface area (Å²) in [4.78, 5) is 38.7. The maximum atomic E-state index is 12.9. The van der Waals surface area contributed by atoms with E-state index in [1.54, 1.807) is 4.57 Å². The highest BCUT2D eigenvalue weighted by atomic mass is 79.9. The molecule has 0 aliphatic rings. The van der Waals surface area contributed by atoms with Gasteiger partial charge in [-0.3, -0.25) is 18.7 Å². The molecule has 2 aromatic heterocycles. The first kappa shape index (κ1) is 20.9. The van der Waals surface area contributed by atoms with Crippen molar-refractivity contribution >= 4 is 43.4 Å². The van der Waals surface area contributed by atoms with Gasteiger partial charge in [0.05, 0.1) is 9.17 Å². The fourth-order valence-electron chi connectivity index (χ4n) is 2.83. The van der Waals surface area contributed by atoms with E-state index in [9.17, 15) is 14.4 Å². The minimum atomic E-state index is -0.405. The molecule has 2 aromatic rings. The summed E-state index contributed by atoms with van der Waals surface area (Å²) < 4.78 is 3.56. The van der Waals surface area contributed by atoms with Gasteiger partial charge < -0.3 is 5.32 Å². The number of rotatable bonds is 9. The molecule has 0 spiro atoms. The molecule has 0 saturated carbocycles. The fraction of sp³-hybridized carbons (Fsp3) is 0.611. The van der Waals surface area contributed by atoms with Gasteiger partial charge in [-0.05, 0) is 41.3 Å². The van der Waals surface area contributed by atoms with Crippen LogP contribution in [0, 0.1) is 6.92 Å². The summed E-state index contributed by atoms with van der Waals surface area (Å²) in [7, 11) is 0. The number of aryl methyl sites for hydroxylation is 2. The normalized spacial score (nSPS) is 11.2. The number of nitrogens with one attached hydrogen (secondary N) is 1. The van der Waals surface area contributed by atoms with Crippen LogP contribution in [0.15, 0.2) is 13.4 Å². The third-order valence-corrected chi connectivity index (χ3v) is 6.56. The Morgan fingerprint density at radius 2 is 1.81 bits per heavy atom. The van der Waals surface area contributed by atoms with Crippen LogP contribution in [0.1, 0.15) is 51.5 Å². The summed E-state index contributed by atoms with van der Waals surface area (Å²) in [6, 6.07) is 0. The molecular weight excluding hydrogens is 418 g/mol. The molecule has 0 radical (unpaired) electrons. The molecule has 0 aliphatic carbocycles. The summed E-state index contributed by atoms with van der Waals surface area (Å²) in [5, 5.41) is 3.30. The molecule has 0 unspecified atom stereocenters. The largest absolute Gasteiger partial charge is 0.355 e. The molecule has 1 amide bonds. The maximum absolute atomic E-state index is 12.9. The van der Waals surface area contributed by atoms with Gasteiger partial charge in [0, 0.05) is 13.1 Å². The molecular formula is C18H26BrN3O3S. The number of fused-ring (bicyclic) bond motifs is 1. The standard InChI is InChI=1S/C18H26BrN3O3S/c1-4-6-8-10-21-17-14(12(3)15(19)26-17)16(24)22(18(21)25)11-13(23)20-9-7-5-2/h4-11H2,1-3H3,(H,20,23). The number of unbranched alkanes of at least 4 members (excludes halogenated alkanes) is 3. The van der Waals surface area contributed by atoms with Crippen LogP contribution >= 0.6 is 27.3 Å². The Labute approximate surface area is 165 Å². The molecule has 0 bridgehead atoms. The van der Waals surface area contributed by atoms with Crippen molar-refractivity contribution in [2.45, 2.75) is 66.0 Å². The zero-order valence-electron chi connectivity index (χ0n) is 15.6. The molecule has 0 aliphatic heterocycles. The van der Waals surface area contributed by atoms with E-state index in [0.717, 1.165) is 46.0 Å². The molecule has 6 nitrogen and oxygen atoms in total. The van der Waals surface area contributed by atoms with E-state index in [-0.39, 0.29) is 18.0 Å². The van der Waals surface area contributed by atoms with Crippen molar-refractivity contribution < 1.29 is 4.79 Å². The monoisotopic (exact) mass is 443 g/mol. The molecule has 144 valence electrons. The molecule has 0 fully saturated rings. The smallest absolute Gasteiger partial charge is 0.332 e. The van der Waals surface area contributed by atoms with Crippen LogP contribution in [0.2, 0.25) is 0 Å². The van der Waals surface area contributed by atoms with Gasteiger partial charge in [0.2, 0.25) is 5.91 Å². The van der Waals surface area contributed by atoms with Gasteiger partial charge in [0.25, 0.3) is 5.56 Å². The molecule has 0 atom stereocenters. The van der Waals surface area contributed by atoms with E-state index in [0.29, 0.717) is 23.3 Å². The summed E-state index contributed by atoms with van der Waals surface area (Å²) in [6.45, 7) is 6.87. The van der Waals surface area contributed by atoms with Gasteiger partial charge in [-0.1, -0.05) is 33.1 Å². The SMILES string of the molecule is CCCCCn1c(=O)n(CC(=O)NCCCC)c(=O)c2c(C)c(Br)sc21. The lowest BCUT2D eigenvalue weighted by Crippen LogP contribution is -2.43. The van der Waals surface area contributed by atoms with Gasteiger partial charge in [0.1, 0.15) is 11.4 Å². The van der Waals surface area contributed by atoms with Crippen LogP contribution in [0.5, 0.6) is 0 Å². The van der Waals surface area contributed by atoms with Gasteiger partial charge in [0.15, 0.2) is 0 Å². The quantitative estimate of drug-likeness (QED) is 0.603. The topological polar surface area (TPSA) is 73.1 Å². The van der Waals surface area contributed by atoms with Crippen molar-refractivity contribution in [3.8, 4) is 0 Å². The van der Waals surface area contributed by atoms with Crippen LogP contribution in [0.25, 0.3) is 10.2 Å².